The fourth-order valence-electron chi connectivity index (χ4n) is 5.07. The molecule has 2 atom stereocenters. The lowest BCUT2D eigenvalue weighted by Crippen LogP contribution is -2.24. The Kier molecular flexibility index (Phi) is 10.2. The first-order valence-corrected chi connectivity index (χ1v) is 13.9. The summed E-state index contributed by atoms with van der Waals surface area (Å²) in [6, 6.07) is 12.4. The van der Waals surface area contributed by atoms with E-state index in [1.165, 1.54) is 12.1 Å². The van der Waals surface area contributed by atoms with Gasteiger partial charge < -0.3 is 9.47 Å². The lowest BCUT2D eigenvalue weighted by molar-refractivity contribution is 0.0317. The molecule has 0 bridgehead atoms. The molecule has 4 rings (SSSR count). The Hall–Kier alpha value is -3.12. The molecule has 39 heavy (non-hydrogen) atoms. The molecule has 0 radical (unpaired) electrons. The van der Waals surface area contributed by atoms with Crippen molar-refractivity contribution in [2.45, 2.75) is 70.8 Å². The molecule has 1 saturated heterocycles. The van der Waals surface area contributed by atoms with Gasteiger partial charge in [0, 0.05) is 17.0 Å². The molecule has 2 nitrogen and oxygen atoms in total. The van der Waals surface area contributed by atoms with Crippen LogP contribution in [0.2, 0.25) is 0 Å². The number of halogens is 4. The maximum Gasteiger partial charge on any atom is 0.201 e. The van der Waals surface area contributed by atoms with Crippen molar-refractivity contribution in [1.82, 2.24) is 0 Å². The highest BCUT2D eigenvalue weighted by Crippen LogP contribution is 2.36. The van der Waals surface area contributed by atoms with Gasteiger partial charge in [0.25, 0.3) is 0 Å². The Morgan fingerprint density at radius 3 is 2.03 bits per heavy atom. The van der Waals surface area contributed by atoms with E-state index in [1.807, 2.05) is 19.1 Å². The van der Waals surface area contributed by atoms with Crippen LogP contribution in [0, 0.1) is 23.3 Å². The fraction of sp³-hybridized carbons (Fsp3) is 0.394. The van der Waals surface area contributed by atoms with E-state index < -0.39 is 23.3 Å². The van der Waals surface area contributed by atoms with Gasteiger partial charge >= 0.3 is 0 Å². The quantitative estimate of drug-likeness (QED) is 0.137. The molecule has 0 aliphatic carbocycles. The van der Waals surface area contributed by atoms with Crippen molar-refractivity contribution in [3.8, 4) is 28.0 Å². The minimum atomic E-state index is -1.03. The number of hydrogen-bond acceptors (Lipinski definition) is 2. The highest BCUT2D eigenvalue weighted by atomic mass is 19.2. The van der Waals surface area contributed by atoms with Crippen LogP contribution in [0.3, 0.4) is 0 Å². The summed E-state index contributed by atoms with van der Waals surface area (Å²) in [5.74, 6) is -4.14. The number of benzene rings is 3. The van der Waals surface area contributed by atoms with Gasteiger partial charge in [0.15, 0.2) is 23.2 Å². The molecular formula is C33H36F4O2. The van der Waals surface area contributed by atoms with Crippen LogP contribution in [0.5, 0.6) is 5.75 Å². The lowest BCUT2D eigenvalue weighted by Gasteiger charge is -2.28. The fourth-order valence-corrected chi connectivity index (χ4v) is 5.07. The number of allylic oxidation sites excluding steroid dienone is 1. The van der Waals surface area contributed by atoms with Crippen LogP contribution in [0.1, 0.15) is 70.3 Å². The first kappa shape index (κ1) is 28.9. The predicted octanol–water partition coefficient (Wildman–Crippen LogP) is 9.76. The second-order valence-electron chi connectivity index (χ2n) is 10.1. The first-order chi connectivity index (χ1) is 18.9. The number of unbranched alkanes of at least 4 members (excludes halogenated alkanes) is 4. The molecule has 0 aromatic heterocycles. The van der Waals surface area contributed by atoms with Gasteiger partial charge in [0.1, 0.15) is 0 Å². The van der Waals surface area contributed by atoms with Crippen LogP contribution >= 0.6 is 0 Å². The number of rotatable bonds is 11. The minimum absolute atomic E-state index is 0.0132. The van der Waals surface area contributed by atoms with E-state index in [2.05, 4.69) is 6.92 Å². The van der Waals surface area contributed by atoms with E-state index in [1.54, 1.807) is 36.4 Å². The van der Waals surface area contributed by atoms with Gasteiger partial charge in [-0.15, -0.1) is 0 Å². The van der Waals surface area contributed by atoms with E-state index in [0.717, 1.165) is 38.5 Å². The highest BCUT2D eigenvalue weighted by Gasteiger charge is 2.26. The third kappa shape index (κ3) is 6.91. The van der Waals surface area contributed by atoms with Crippen molar-refractivity contribution in [2.75, 3.05) is 13.2 Å². The van der Waals surface area contributed by atoms with Crippen molar-refractivity contribution in [3.05, 3.63) is 89.5 Å². The first-order valence-electron chi connectivity index (χ1n) is 13.9. The summed E-state index contributed by atoms with van der Waals surface area (Å²) in [6.07, 6.45) is 10.5. The van der Waals surface area contributed by atoms with E-state index in [-0.39, 0.29) is 28.9 Å². The zero-order valence-electron chi connectivity index (χ0n) is 22.6. The summed E-state index contributed by atoms with van der Waals surface area (Å²) < 4.78 is 71.0. The SMILES string of the molecule is CC=CC1CCC(c2ccc(-c3ccc(-c4ccc(OCCCCCCC)c(F)c4F)cc3)c(F)c2F)CO1. The van der Waals surface area contributed by atoms with Crippen LogP contribution in [0.4, 0.5) is 17.6 Å². The second kappa shape index (κ2) is 13.8. The molecule has 3 aromatic carbocycles. The summed E-state index contributed by atoms with van der Waals surface area (Å²) in [5.41, 5.74) is 1.37. The molecule has 1 fully saturated rings. The molecule has 2 unspecified atom stereocenters. The van der Waals surface area contributed by atoms with E-state index >= 15 is 8.78 Å². The summed E-state index contributed by atoms with van der Waals surface area (Å²) in [7, 11) is 0. The van der Waals surface area contributed by atoms with E-state index in [0.29, 0.717) is 36.3 Å². The van der Waals surface area contributed by atoms with Crippen molar-refractivity contribution in [3.63, 3.8) is 0 Å². The maximum atomic E-state index is 15.1. The molecule has 1 aliphatic rings. The van der Waals surface area contributed by atoms with Gasteiger partial charge in [-0.05, 0) is 55.0 Å². The maximum absolute atomic E-state index is 15.1. The standard InChI is InChI=1S/C33H36F4O2/c1-3-5-6-7-8-20-38-29-19-18-27(32(36)33(29)37)23-12-10-22(11-13-23)26-16-17-28(31(35)30(26)34)24-14-15-25(9-4-2)39-21-24/h4,9-13,16-19,24-25H,3,5-8,14-15,20-21H2,1-2H3. The van der Waals surface area contributed by atoms with Gasteiger partial charge in [-0.2, -0.15) is 4.39 Å². The monoisotopic (exact) mass is 540 g/mol. The topological polar surface area (TPSA) is 18.5 Å². The zero-order chi connectivity index (χ0) is 27.8. The average Bonchev–Trinajstić information content (AvgIpc) is 2.95. The smallest absolute Gasteiger partial charge is 0.201 e. The van der Waals surface area contributed by atoms with Gasteiger partial charge in [0.2, 0.25) is 5.82 Å². The van der Waals surface area contributed by atoms with Crippen LogP contribution in [0.25, 0.3) is 22.3 Å². The Bertz CT molecular complexity index is 1260. The Morgan fingerprint density at radius 2 is 1.41 bits per heavy atom. The van der Waals surface area contributed by atoms with Crippen LogP contribution in [-0.4, -0.2) is 19.3 Å². The molecule has 208 valence electrons. The van der Waals surface area contributed by atoms with Crippen LogP contribution in [0.15, 0.2) is 60.7 Å². The third-order valence-corrected chi connectivity index (χ3v) is 7.33. The normalized spacial score (nSPS) is 17.6. The summed E-state index contributed by atoms with van der Waals surface area (Å²) in [4.78, 5) is 0. The van der Waals surface area contributed by atoms with Crippen molar-refractivity contribution >= 4 is 0 Å². The van der Waals surface area contributed by atoms with Gasteiger partial charge in [0.05, 0.1) is 19.3 Å². The Morgan fingerprint density at radius 1 is 0.769 bits per heavy atom. The number of ether oxygens (including phenoxy) is 2. The minimum Gasteiger partial charge on any atom is -0.490 e. The van der Waals surface area contributed by atoms with E-state index in [4.69, 9.17) is 9.47 Å². The molecule has 1 heterocycles. The highest BCUT2D eigenvalue weighted by molar-refractivity contribution is 5.72. The second-order valence-corrected chi connectivity index (χ2v) is 10.1. The molecular weight excluding hydrogens is 504 g/mol. The van der Waals surface area contributed by atoms with E-state index in [9.17, 15) is 8.78 Å². The largest absolute Gasteiger partial charge is 0.490 e. The lowest BCUT2D eigenvalue weighted by atomic mass is 9.89. The van der Waals surface area contributed by atoms with Crippen LogP contribution in [-0.2, 0) is 4.74 Å². The zero-order valence-corrected chi connectivity index (χ0v) is 22.6. The van der Waals surface area contributed by atoms with Crippen LogP contribution < -0.4 is 4.74 Å². The predicted molar refractivity (Wildman–Crippen MR) is 148 cm³/mol. The average molecular weight is 541 g/mol. The Labute approximate surface area is 228 Å². The Balaban J connectivity index is 1.45. The van der Waals surface area contributed by atoms with Gasteiger partial charge in [-0.25, -0.2) is 13.2 Å². The third-order valence-electron chi connectivity index (χ3n) is 7.33. The summed E-state index contributed by atoms with van der Waals surface area (Å²) >= 11 is 0. The molecule has 6 heteroatoms. The summed E-state index contributed by atoms with van der Waals surface area (Å²) in [6.45, 7) is 4.73. The van der Waals surface area contributed by atoms with Gasteiger partial charge in [-0.1, -0.05) is 81.2 Å². The van der Waals surface area contributed by atoms with Crippen molar-refractivity contribution in [1.29, 1.82) is 0 Å². The van der Waals surface area contributed by atoms with Gasteiger partial charge in [-0.3, -0.25) is 0 Å². The molecule has 0 saturated carbocycles. The molecule has 1 aliphatic heterocycles. The molecule has 0 amide bonds. The molecule has 0 N–H and O–H groups in total. The molecule has 0 spiro atoms. The number of hydrogen-bond donors (Lipinski definition) is 0. The van der Waals surface area contributed by atoms with Crippen molar-refractivity contribution in [2.24, 2.45) is 0 Å². The molecule has 3 aromatic rings. The van der Waals surface area contributed by atoms with Crippen molar-refractivity contribution < 1.29 is 27.0 Å². The summed E-state index contributed by atoms with van der Waals surface area (Å²) in [5, 5.41) is 0.